The second-order valence-corrected chi connectivity index (χ2v) is 6.49. The van der Waals surface area contributed by atoms with Crippen molar-refractivity contribution in [3.05, 3.63) is 35.9 Å². The average molecular weight is 330 g/mol. The van der Waals surface area contributed by atoms with Crippen LogP contribution in [-0.4, -0.2) is 57.4 Å². The van der Waals surface area contributed by atoms with Crippen molar-refractivity contribution in [2.45, 2.75) is 50.7 Å². The number of carbonyl (C=O) groups excluding carboxylic acids is 2. The molecule has 2 aliphatic rings. The largest absolute Gasteiger partial charge is 0.480 e. The first-order valence-electron chi connectivity index (χ1n) is 8.40. The zero-order valence-corrected chi connectivity index (χ0v) is 13.7. The summed E-state index contributed by atoms with van der Waals surface area (Å²) >= 11 is 0. The molecule has 3 rings (SSSR count). The van der Waals surface area contributed by atoms with Crippen LogP contribution >= 0.6 is 0 Å². The van der Waals surface area contributed by atoms with Crippen molar-refractivity contribution in [1.82, 2.24) is 9.80 Å². The Labute approximate surface area is 141 Å². The smallest absolute Gasteiger partial charge is 0.326 e. The van der Waals surface area contributed by atoms with E-state index >= 15 is 0 Å². The Morgan fingerprint density at radius 2 is 1.96 bits per heavy atom. The minimum atomic E-state index is -1.05. The average Bonchev–Trinajstić information content (AvgIpc) is 3.06. The van der Waals surface area contributed by atoms with Gasteiger partial charge in [-0.15, -0.1) is 0 Å². The Morgan fingerprint density at radius 3 is 2.62 bits per heavy atom. The first kappa shape index (κ1) is 16.5. The van der Waals surface area contributed by atoms with Gasteiger partial charge < -0.3 is 14.9 Å². The number of nitrogens with zero attached hydrogens (tertiary/aromatic N) is 2. The molecule has 0 aromatic heterocycles. The summed E-state index contributed by atoms with van der Waals surface area (Å²) in [5, 5.41) is 9.65. The number of rotatable bonds is 5. The van der Waals surface area contributed by atoms with Crippen molar-refractivity contribution >= 4 is 17.8 Å². The normalized spacial score (nSPS) is 24.9. The number of carbonyl (C=O) groups is 3. The van der Waals surface area contributed by atoms with Crippen LogP contribution in [0.3, 0.4) is 0 Å². The lowest BCUT2D eigenvalue weighted by molar-refractivity contribution is -0.166. The van der Waals surface area contributed by atoms with E-state index < -0.39 is 24.1 Å². The molecule has 6 nitrogen and oxygen atoms in total. The standard InChI is InChI=1S/C18H22N2O4/c1-12-16(21)19-11-5-8-14(19)17(22)20(12)15(18(23)24)10-9-13-6-3-2-4-7-13/h2-4,6-7,12,14-15H,5,8-11H2,1H3,(H,23,24)/t12-,14?,15-/m0/s1. The Morgan fingerprint density at radius 1 is 1.25 bits per heavy atom. The summed E-state index contributed by atoms with van der Waals surface area (Å²) in [4.78, 5) is 40.0. The van der Waals surface area contributed by atoms with E-state index in [1.165, 1.54) is 4.90 Å². The Hall–Kier alpha value is -2.37. The summed E-state index contributed by atoms with van der Waals surface area (Å²) < 4.78 is 0. The fourth-order valence-electron chi connectivity index (χ4n) is 3.76. The highest BCUT2D eigenvalue weighted by Gasteiger charge is 2.49. The van der Waals surface area contributed by atoms with Crippen molar-refractivity contribution in [2.75, 3.05) is 6.54 Å². The highest BCUT2D eigenvalue weighted by molar-refractivity contribution is 5.99. The molecule has 0 aliphatic carbocycles. The van der Waals surface area contributed by atoms with Crippen LogP contribution < -0.4 is 0 Å². The predicted octanol–water partition coefficient (Wildman–Crippen LogP) is 1.29. The summed E-state index contributed by atoms with van der Waals surface area (Å²) in [6.45, 7) is 2.22. The van der Waals surface area contributed by atoms with Crippen LogP contribution in [-0.2, 0) is 20.8 Å². The van der Waals surface area contributed by atoms with Crippen molar-refractivity contribution < 1.29 is 19.5 Å². The molecule has 0 radical (unpaired) electrons. The third kappa shape index (κ3) is 2.88. The highest BCUT2D eigenvalue weighted by Crippen LogP contribution is 2.29. The van der Waals surface area contributed by atoms with Gasteiger partial charge in [0.2, 0.25) is 11.8 Å². The van der Waals surface area contributed by atoms with E-state index in [-0.39, 0.29) is 11.8 Å². The number of carboxylic acids is 1. The van der Waals surface area contributed by atoms with Crippen molar-refractivity contribution in [2.24, 2.45) is 0 Å². The minimum Gasteiger partial charge on any atom is -0.480 e. The van der Waals surface area contributed by atoms with Gasteiger partial charge in [-0.3, -0.25) is 9.59 Å². The van der Waals surface area contributed by atoms with Gasteiger partial charge in [0.25, 0.3) is 0 Å². The number of hydrogen-bond acceptors (Lipinski definition) is 3. The van der Waals surface area contributed by atoms with E-state index in [4.69, 9.17) is 0 Å². The van der Waals surface area contributed by atoms with Crippen LogP contribution in [0.4, 0.5) is 0 Å². The lowest BCUT2D eigenvalue weighted by atomic mass is 9.98. The van der Waals surface area contributed by atoms with E-state index in [1.807, 2.05) is 30.3 Å². The Bertz CT molecular complexity index is 646. The van der Waals surface area contributed by atoms with E-state index in [0.29, 0.717) is 25.8 Å². The number of aliphatic carboxylic acids is 1. The zero-order valence-electron chi connectivity index (χ0n) is 13.7. The van der Waals surface area contributed by atoms with Gasteiger partial charge in [0.1, 0.15) is 18.1 Å². The van der Waals surface area contributed by atoms with Gasteiger partial charge in [-0.25, -0.2) is 4.79 Å². The topological polar surface area (TPSA) is 77.9 Å². The third-order valence-electron chi connectivity index (χ3n) is 5.02. The van der Waals surface area contributed by atoms with Gasteiger partial charge in [0, 0.05) is 6.54 Å². The summed E-state index contributed by atoms with van der Waals surface area (Å²) in [7, 11) is 0. The van der Waals surface area contributed by atoms with Crippen LogP contribution in [0, 0.1) is 0 Å². The molecule has 2 amide bonds. The molecular formula is C18H22N2O4. The highest BCUT2D eigenvalue weighted by atomic mass is 16.4. The van der Waals surface area contributed by atoms with Gasteiger partial charge in [-0.05, 0) is 38.2 Å². The Kier molecular flexibility index (Phi) is 4.55. The second kappa shape index (κ2) is 6.63. The summed E-state index contributed by atoms with van der Waals surface area (Å²) in [6, 6.07) is 7.41. The SMILES string of the molecule is C[C@H]1C(=O)N2CCCC2C(=O)N1[C@@H](CCc1ccccc1)C(=O)O. The molecule has 1 unspecified atom stereocenters. The fourth-order valence-corrected chi connectivity index (χ4v) is 3.76. The summed E-state index contributed by atoms with van der Waals surface area (Å²) in [5.41, 5.74) is 1.02. The molecule has 2 heterocycles. The van der Waals surface area contributed by atoms with Gasteiger partial charge in [-0.1, -0.05) is 30.3 Å². The fraction of sp³-hybridized carbons (Fsp3) is 0.500. The zero-order chi connectivity index (χ0) is 17.3. The van der Waals surface area contributed by atoms with Gasteiger partial charge in [-0.2, -0.15) is 0 Å². The Balaban J connectivity index is 1.80. The van der Waals surface area contributed by atoms with Gasteiger partial charge in [0.05, 0.1) is 0 Å². The van der Waals surface area contributed by atoms with E-state index in [2.05, 4.69) is 0 Å². The molecule has 24 heavy (non-hydrogen) atoms. The first-order valence-corrected chi connectivity index (χ1v) is 8.40. The number of piperazine rings is 1. The molecule has 2 saturated heterocycles. The number of fused-ring (bicyclic) bond motifs is 1. The lowest BCUT2D eigenvalue weighted by Crippen LogP contribution is -2.65. The molecular weight excluding hydrogens is 308 g/mol. The van der Waals surface area contributed by atoms with Crippen LogP contribution in [0.15, 0.2) is 30.3 Å². The molecule has 128 valence electrons. The summed E-state index contributed by atoms with van der Waals surface area (Å²) in [6.07, 6.45) is 2.27. The van der Waals surface area contributed by atoms with E-state index in [9.17, 15) is 19.5 Å². The third-order valence-corrected chi connectivity index (χ3v) is 5.02. The van der Waals surface area contributed by atoms with Crippen molar-refractivity contribution in [3.63, 3.8) is 0 Å². The number of amides is 2. The molecule has 2 aliphatic heterocycles. The molecule has 0 spiro atoms. The maximum absolute atomic E-state index is 12.8. The molecule has 0 saturated carbocycles. The quantitative estimate of drug-likeness (QED) is 0.882. The number of hydrogen-bond donors (Lipinski definition) is 1. The van der Waals surface area contributed by atoms with E-state index in [0.717, 1.165) is 12.0 Å². The minimum absolute atomic E-state index is 0.136. The van der Waals surface area contributed by atoms with Gasteiger partial charge in [0.15, 0.2) is 0 Å². The van der Waals surface area contributed by atoms with Crippen LogP contribution in [0.5, 0.6) is 0 Å². The van der Waals surface area contributed by atoms with Crippen LogP contribution in [0.1, 0.15) is 31.7 Å². The predicted molar refractivity (Wildman–Crippen MR) is 87.2 cm³/mol. The number of carboxylic acid groups (broad SMARTS) is 1. The van der Waals surface area contributed by atoms with Crippen molar-refractivity contribution in [3.8, 4) is 0 Å². The molecule has 1 N–H and O–H groups in total. The van der Waals surface area contributed by atoms with E-state index in [1.54, 1.807) is 11.8 Å². The second-order valence-electron chi connectivity index (χ2n) is 6.49. The van der Waals surface area contributed by atoms with Crippen molar-refractivity contribution in [1.29, 1.82) is 0 Å². The number of aryl methyl sites for hydroxylation is 1. The summed E-state index contributed by atoms with van der Waals surface area (Å²) in [5.74, 6) is -1.41. The lowest BCUT2D eigenvalue weighted by Gasteiger charge is -2.43. The van der Waals surface area contributed by atoms with Crippen LogP contribution in [0.25, 0.3) is 0 Å². The monoisotopic (exact) mass is 330 g/mol. The number of benzene rings is 1. The molecule has 6 heteroatoms. The molecule has 2 fully saturated rings. The molecule has 1 aromatic rings. The van der Waals surface area contributed by atoms with Gasteiger partial charge >= 0.3 is 5.97 Å². The molecule has 0 bridgehead atoms. The maximum Gasteiger partial charge on any atom is 0.326 e. The van der Waals surface area contributed by atoms with Crippen LogP contribution in [0.2, 0.25) is 0 Å². The molecule has 1 aromatic carbocycles. The molecule has 3 atom stereocenters. The maximum atomic E-state index is 12.8. The first-order chi connectivity index (χ1) is 11.5.